The summed E-state index contributed by atoms with van der Waals surface area (Å²) < 4.78 is 10.8. The molecule has 0 N–H and O–H groups in total. The Labute approximate surface area is 127 Å². The summed E-state index contributed by atoms with van der Waals surface area (Å²) in [6.45, 7) is 0.368. The maximum atomic E-state index is 9.44. The first-order valence-corrected chi connectivity index (χ1v) is 6.72. The Balaban J connectivity index is 1.97. The minimum absolute atomic E-state index is 0.361. The summed E-state index contributed by atoms with van der Waals surface area (Å²) in [7, 11) is 1.53. The fourth-order valence-electron chi connectivity index (χ4n) is 2.10. The molecule has 3 aromatic rings. The lowest BCUT2D eigenvalue weighted by atomic mass is 10.2. The van der Waals surface area contributed by atoms with Crippen LogP contribution in [0.1, 0.15) is 11.1 Å². The van der Waals surface area contributed by atoms with Crippen LogP contribution in [-0.4, -0.2) is 17.1 Å². The van der Waals surface area contributed by atoms with E-state index < -0.39 is 0 Å². The average molecular weight is 291 g/mol. The molecule has 0 saturated carbocycles. The summed E-state index contributed by atoms with van der Waals surface area (Å²) in [6, 6.07) is 15.4. The van der Waals surface area contributed by atoms with Gasteiger partial charge in [0.25, 0.3) is 0 Å². The molecule has 0 saturated heterocycles. The highest BCUT2D eigenvalue weighted by Crippen LogP contribution is 2.26. The molecule has 108 valence electrons. The number of ether oxygens (including phenoxy) is 2. The summed E-state index contributed by atoms with van der Waals surface area (Å²) in [5.41, 5.74) is 2.49. The zero-order chi connectivity index (χ0) is 15.4. The minimum atomic E-state index is 0.361. The smallest absolute Gasteiger partial charge is 0.213 e. The van der Waals surface area contributed by atoms with Crippen molar-refractivity contribution in [2.75, 3.05) is 7.11 Å². The second-order valence-electron chi connectivity index (χ2n) is 4.60. The van der Waals surface area contributed by atoms with E-state index in [1.54, 1.807) is 18.3 Å². The van der Waals surface area contributed by atoms with Crippen molar-refractivity contribution in [2.24, 2.45) is 0 Å². The van der Waals surface area contributed by atoms with Gasteiger partial charge in [0.15, 0.2) is 5.75 Å². The van der Waals surface area contributed by atoms with Crippen molar-refractivity contribution in [3.8, 4) is 17.7 Å². The molecule has 0 spiro atoms. The number of pyridine rings is 2. The number of hydrogen-bond acceptors (Lipinski definition) is 5. The highest BCUT2D eigenvalue weighted by Gasteiger charge is 2.12. The van der Waals surface area contributed by atoms with Crippen LogP contribution in [-0.2, 0) is 6.61 Å². The van der Waals surface area contributed by atoms with Crippen molar-refractivity contribution in [3.05, 3.63) is 59.8 Å². The predicted octanol–water partition coefficient (Wildman–Crippen LogP) is 3.09. The van der Waals surface area contributed by atoms with Crippen molar-refractivity contribution in [1.29, 1.82) is 5.26 Å². The topological polar surface area (TPSA) is 68.0 Å². The zero-order valence-electron chi connectivity index (χ0n) is 12.0. The minimum Gasteiger partial charge on any atom is -0.486 e. The van der Waals surface area contributed by atoms with Crippen LogP contribution in [0.2, 0.25) is 0 Å². The molecular formula is C17H13N3O2. The summed E-state index contributed by atoms with van der Waals surface area (Å²) in [5.74, 6) is 0.852. The Bertz CT molecular complexity index is 842. The van der Waals surface area contributed by atoms with Gasteiger partial charge in [-0.25, -0.2) is 4.98 Å². The Morgan fingerprint density at radius 2 is 1.95 bits per heavy atom. The zero-order valence-corrected chi connectivity index (χ0v) is 12.0. The van der Waals surface area contributed by atoms with Crippen LogP contribution in [0.4, 0.5) is 0 Å². The number of nitriles is 1. The molecule has 22 heavy (non-hydrogen) atoms. The van der Waals surface area contributed by atoms with Crippen LogP contribution in [0.3, 0.4) is 0 Å². The third-order valence-electron chi connectivity index (χ3n) is 3.21. The van der Waals surface area contributed by atoms with Gasteiger partial charge in [0.05, 0.1) is 18.8 Å². The number of aromatic nitrogens is 2. The largest absolute Gasteiger partial charge is 0.486 e. The third kappa shape index (κ3) is 2.67. The van der Waals surface area contributed by atoms with Crippen molar-refractivity contribution in [3.63, 3.8) is 0 Å². The molecule has 0 aliphatic rings. The van der Waals surface area contributed by atoms with Crippen LogP contribution in [0.5, 0.6) is 11.6 Å². The van der Waals surface area contributed by atoms with Gasteiger partial charge in [-0.05, 0) is 11.6 Å². The highest BCUT2D eigenvalue weighted by atomic mass is 16.5. The molecule has 0 aliphatic carbocycles. The van der Waals surface area contributed by atoms with Gasteiger partial charge in [0, 0.05) is 6.07 Å². The Kier molecular flexibility index (Phi) is 3.84. The number of methoxy groups -OCH3 is 1. The van der Waals surface area contributed by atoms with E-state index in [-0.39, 0.29) is 0 Å². The standard InChI is InChI=1S/C17H13N3O2/c1-21-16-8-7-14-17(20-16)13(9-18)15(10-19-14)22-11-12-5-3-2-4-6-12/h2-8,10H,11H2,1H3. The molecule has 5 heteroatoms. The van der Waals surface area contributed by atoms with Gasteiger partial charge in [0.2, 0.25) is 5.88 Å². The molecule has 0 aliphatic heterocycles. The van der Waals surface area contributed by atoms with E-state index in [0.29, 0.717) is 34.8 Å². The Hall–Kier alpha value is -3.13. The summed E-state index contributed by atoms with van der Waals surface area (Å²) >= 11 is 0. The molecule has 0 fully saturated rings. The first-order valence-electron chi connectivity index (χ1n) is 6.72. The number of hydrogen-bond donors (Lipinski definition) is 0. The Morgan fingerprint density at radius 1 is 1.14 bits per heavy atom. The quantitative estimate of drug-likeness (QED) is 0.739. The maximum Gasteiger partial charge on any atom is 0.213 e. The SMILES string of the molecule is COc1ccc2ncc(OCc3ccccc3)c(C#N)c2n1. The van der Waals surface area contributed by atoms with E-state index in [0.717, 1.165) is 5.56 Å². The highest BCUT2D eigenvalue weighted by molar-refractivity contribution is 5.83. The molecule has 3 rings (SSSR count). The van der Waals surface area contributed by atoms with Crippen LogP contribution >= 0.6 is 0 Å². The molecule has 2 heterocycles. The molecule has 1 aromatic carbocycles. The molecule has 0 amide bonds. The second kappa shape index (κ2) is 6.10. The van der Waals surface area contributed by atoms with Crippen molar-refractivity contribution in [2.45, 2.75) is 6.61 Å². The molecule has 0 radical (unpaired) electrons. The van der Waals surface area contributed by atoms with E-state index in [1.807, 2.05) is 30.3 Å². The summed E-state index contributed by atoms with van der Waals surface area (Å²) in [5, 5.41) is 9.44. The molecule has 0 unspecified atom stereocenters. The van der Waals surface area contributed by atoms with E-state index in [2.05, 4.69) is 16.0 Å². The lowest BCUT2D eigenvalue weighted by molar-refractivity contribution is 0.304. The van der Waals surface area contributed by atoms with Crippen LogP contribution in [0.25, 0.3) is 11.0 Å². The number of nitrogens with zero attached hydrogens (tertiary/aromatic N) is 3. The lowest BCUT2D eigenvalue weighted by Gasteiger charge is -2.09. The lowest BCUT2D eigenvalue weighted by Crippen LogP contribution is -2.00. The van der Waals surface area contributed by atoms with E-state index in [1.165, 1.54) is 7.11 Å². The first kappa shape index (κ1) is 13.8. The molecular weight excluding hydrogens is 278 g/mol. The maximum absolute atomic E-state index is 9.44. The van der Waals surface area contributed by atoms with Crippen molar-refractivity contribution >= 4 is 11.0 Å². The van der Waals surface area contributed by atoms with E-state index in [9.17, 15) is 5.26 Å². The predicted molar refractivity (Wildman–Crippen MR) is 81.6 cm³/mol. The summed E-state index contributed by atoms with van der Waals surface area (Å²) in [4.78, 5) is 8.58. The number of rotatable bonds is 4. The van der Waals surface area contributed by atoms with Crippen LogP contribution in [0, 0.1) is 11.3 Å². The molecule has 0 bridgehead atoms. The van der Waals surface area contributed by atoms with Gasteiger partial charge >= 0.3 is 0 Å². The third-order valence-corrected chi connectivity index (χ3v) is 3.21. The van der Waals surface area contributed by atoms with E-state index in [4.69, 9.17) is 9.47 Å². The van der Waals surface area contributed by atoms with Gasteiger partial charge in [0.1, 0.15) is 23.8 Å². The summed E-state index contributed by atoms with van der Waals surface area (Å²) in [6.07, 6.45) is 1.55. The second-order valence-corrected chi connectivity index (χ2v) is 4.60. The van der Waals surface area contributed by atoms with Crippen molar-refractivity contribution in [1.82, 2.24) is 9.97 Å². The van der Waals surface area contributed by atoms with Gasteiger partial charge in [-0.2, -0.15) is 5.26 Å². The van der Waals surface area contributed by atoms with Crippen molar-refractivity contribution < 1.29 is 9.47 Å². The van der Waals surface area contributed by atoms with Crippen LogP contribution in [0.15, 0.2) is 48.7 Å². The van der Waals surface area contributed by atoms with Crippen LogP contribution < -0.4 is 9.47 Å². The van der Waals surface area contributed by atoms with Gasteiger partial charge in [-0.1, -0.05) is 30.3 Å². The first-order chi connectivity index (χ1) is 10.8. The number of benzene rings is 1. The molecule has 0 atom stereocenters. The van der Waals surface area contributed by atoms with E-state index >= 15 is 0 Å². The van der Waals surface area contributed by atoms with Gasteiger partial charge < -0.3 is 9.47 Å². The normalized spacial score (nSPS) is 10.2. The average Bonchev–Trinajstić information content (AvgIpc) is 2.59. The monoisotopic (exact) mass is 291 g/mol. The fourth-order valence-corrected chi connectivity index (χ4v) is 2.10. The molecule has 2 aromatic heterocycles. The van der Waals surface area contributed by atoms with Gasteiger partial charge in [-0.3, -0.25) is 4.98 Å². The molecule has 5 nitrogen and oxygen atoms in total. The fraction of sp³-hybridized carbons (Fsp3) is 0.118. The Morgan fingerprint density at radius 3 is 2.68 bits per heavy atom. The van der Waals surface area contributed by atoms with Gasteiger partial charge in [-0.15, -0.1) is 0 Å². The number of fused-ring (bicyclic) bond motifs is 1.